The van der Waals surface area contributed by atoms with Gasteiger partial charge in [0.25, 0.3) is 0 Å². The average molecular weight is 479 g/mol. The molecule has 4 aliphatic rings. The molecule has 35 heavy (non-hydrogen) atoms. The Morgan fingerprint density at radius 3 is 2.69 bits per heavy atom. The molecule has 5 rings (SSSR count). The summed E-state index contributed by atoms with van der Waals surface area (Å²) < 4.78 is 5.66. The molecule has 0 amide bonds. The molecule has 0 bridgehead atoms. The van der Waals surface area contributed by atoms with Crippen molar-refractivity contribution in [2.45, 2.75) is 97.5 Å². The van der Waals surface area contributed by atoms with Crippen LogP contribution >= 0.6 is 0 Å². The van der Waals surface area contributed by atoms with Crippen molar-refractivity contribution in [2.24, 2.45) is 46.8 Å². The Bertz CT molecular complexity index is 956. The van der Waals surface area contributed by atoms with Crippen LogP contribution in [0.25, 0.3) is 0 Å². The summed E-state index contributed by atoms with van der Waals surface area (Å²) in [6.07, 6.45) is 12.2. The van der Waals surface area contributed by atoms with Gasteiger partial charge in [-0.25, -0.2) is 4.98 Å². The fourth-order valence-corrected chi connectivity index (χ4v) is 9.70. The second kappa shape index (κ2) is 9.79. The van der Waals surface area contributed by atoms with Gasteiger partial charge in [0.15, 0.2) is 0 Å². The zero-order chi connectivity index (χ0) is 24.8. The number of pyridine rings is 1. The molecule has 1 unspecified atom stereocenters. The van der Waals surface area contributed by atoms with E-state index in [-0.39, 0.29) is 0 Å². The summed E-state index contributed by atoms with van der Waals surface area (Å²) in [5.74, 6) is 5.41. The number of hydrogen-bond acceptors (Lipinski definition) is 4. The van der Waals surface area contributed by atoms with Crippen molar-refractivity contribution in [3.63, 3.8) is 0 Å². The van der Waals surface area contributed by atoms with Crippen LogP contribution < -0.4 is 0 Å². The fraction of sp³-hybridized carbons (Fsp3) is 0.806. The maximum Gasteiger partial charge on any atom is 0.143 e. The smallest absolute Gasteiger partial charge is 0.143 e. The van der Waals surface area contributed by atoms with Gasteiger partial charge in [-0.05, 0) is 137 Å². The minimum Gasteiger partial charge on any atom is -0.387 e. The van der Waals surface area contributed by atoms with Crippen molar-refractivity contribution in [3.8, 4) is 6.07 Å². The molecular formula is C31H46N2O2. The van der Waals surface area contributed by atoms with Crippen molar-refractivity contribution in [2.75, 3.05) is 13.2 Å². The van der Waals surface area contributed by atoms with Crippen molar-refractivity contribution in [3.05, 3.63) is 29.1 Å². The van der Waals surface area contributed by atoms with Gasteiger partial charge in [-0.3, -0.25) is 0 Å². The fourth-order valence-electron chi connectivity index (χ4n) is 9.70. The lowest BCUT2D eigenvalue weighted by molar-refractivity contribution is -0.129. The minimum absolute atomic E-state index is 0.433. The predicted molar refractivity (Wildman–Crippen MR) is 139 cm³/mol. The van der Waals surface area contributed by atoms with E-state index in [1.807, 2.05) is 13.8 Å². The van der Waals surface area contributed by atoms with Crippen LogP contribution in [0, 0.1) is 65.1 Å². The summed E-state index contributed by atoms with van der Waals surface area (Å²) in [6, 6.07) is 6.54. The van der Waals surface area contributed by atoms with Crippen LogP contribution in [0.4, 0.5) is 0 Å². The van der Waals surface area contributed by atoms with Gasteiger partial charge < -0.3 is 9.84 Å². The van der Waals surface area contributed by atoms with E-state index < -0.39 is 5.60 Å². The average Bonchev–Trinajstić information content (AvgIpc) is 3.21. The normalized spacial score (nSPS) is 41.4. The second-order valence-corrected chi connectivity index (χ2v) is 13.0. The number of nitriles is 1. The van der Waals surface area contributed by atoms with Crippen LogP contribution in [0.2, 0.25) is 0 Å². The van der Waals surface area contributed by atoms with Gasteiger partial charge in [-0.1, -0.05) is 19.9 Å². The van der Waals surface area contributed by atoms with E-state index in [4.69, 9.17) is 4.74 Å². The monoisotopic (exact) mass is 478 g/mol. The summed E-state index contributed by atoms with van der Waals surface area (Å²) in [4.78, 5) is 4.50. The van der Waals surface area contributed by atoms with Crippen molar-refractivity contribution >= 4 is 0 Å². The van der Waals surface area contributed by atoms with Crippen LogP contribution in [0.5, 0.6) is 0 Å². The van der Waals surface area contributed by atoms with Crippen LogP contribution in [0.3, 0.4) is 0 Å². The Morgan fingerprint density at radius 2 is 1.91 bits per heavy atom. The number of fused-ring (bicyclic) bond motifs is 5. The van der Waals surface area contributed by atoms with Gasteiger partial charge in [-0.15, -0.1) is 0 Å². The summed E-state index contributed by atoms with van der Waals surface area (Å²) >= 11 is 0. The van der Waals surface area contributed by atoms with Gasteiger partial charge in [0.05, 0.1) is 12.2 Å². The third-order valence-corrected chi connectivity index (χ3v) is 11.2. The highest BCUT2D eigenvalue weighted by Gasteiger charge is 2.58. The van der Waals surface area contributed by atoms with Crippen LogP contribution in [-0.2, 0) is 11.2 Å². The molecule has 4 saturated carbocycles. The zero-order valence-electron chi connectivity index (χ0n) is 22.4. The molecule has 9 atom stereocenters. The second-order valence-electron chi connectivity index (χ2n) is 13.0. The highest BCUT2D eigenvalue weighted by molar-refractivity contribution is 5.33. The topological polar surface area (TPSA) is 66.1 Å². The van der Waals surface area contributed by atoms with Gasteiger partial charge in [0.1, 0.15) is 11.8 Å². The highest BCUT2D eigenvalue weighted by atomic mass is 16.5. The van der Waals surface area contributed by atoms with E-state index in [0.29, 0.717) is 36.2 Å². The number of aromatic nitrogens is 1. The first kappa shape index (κ1) is 25.2. The van der Waals surface area contributed by atoms with Crippen LogP contribution in [-0.4, -0.2) is 28.9 Å². The maximum atomic E-state index is 11.1. The molecule has 4 heteroatoms. The van der Waals surface area contributed by atoms with Gasteiger partial charge in [0, 0.05) is 12.3 Å². The summed E-state index contributed by atoms with van der Waals surface area (Å²) in [5, 5.41) is 20.8. The van der Waals surface area contributed by atoms with Crippen molar-refractivity contribution in [1.29, 1.82) is 5.26 Å². The molecule has 1 N–H and O–H groups in total. The minimum atomic E-state index is -0.589. The van der Waals surface area contributed by atoms with E-state index in [0.717, 1.165) is 60.1 Å². The molecule has 1 aromatic heterocycles. The number of nitrogens with zero attached hydrogens (tertiary/aromatic N) is 2. The quantitative estimate of drug-likeness (QED) is 0.508. The molecule has 0 radical (unpaired) electrons. The number of aryl methyl sites for hydroxylation is 1. The standard InChI is InChI=1S/C31H46N2O2/c1-5-35-19-31(34)15-13-24-23(17-31)8-9-26-25(24)12-14-30(4)27(10-11-28(26)30)20(2)16-22-7-6-21(3)33-29(22)18-32/h6-7,20,23-28,34H,5,8-17,19H2,1-4H3/t20-,23-,24+,25-,26-,27?,28+,30-,31-/m1/s1. The number of hydrogen-bond donors (Lipinski definition) is 1. The number of aliphatic hydroxyl groups is 1. The Balaban J connectivity index is 1.27. The van der Waals surface area contributed by atoms with Crippen molar-refractivity contribution in [1.82, 2.24) is 4.98 Å². The molecule has 1 heterocycles. The molecule has 4 aliphatic carbocycles. The molecule has 0 spiro atoms. The number of ether oxygens (including phenoxy) is 1. The molecular weight excluding hydrogens is 432 g/mol. The maximum absolute atomic E-state index is 11.1. The highest BCUT2D eigenvalue weighted by Crippen LogP contribution is 2.65. The first-order valence-corrected chi connectivity index (χ1v) is 14.4. The van der Waals surface area contributed by atoms with E-state index in [2.05, 4.69) is 37.0 Å². The summed E-state index contributed by atoms with van der Waals surface area (Å²) in [5.41, 5.74) is 2.53. The summed E-state index contributed by atoms with van der Waals surface area (Å²) in [6.45, 7) is 10.3. The van der Waals surface area contributed by atoms with E-state index >= 15 is 0 Å². The van der Waals surface area contributed by atoms with Crippen LogP contribution in [0.1, 0.15) is 95.5 Å². The molecule has 4 fully saturated rings. The Hall–Kier alpha value is -1.44. The molecule has 0 aliphatic heterocycles. The molecule has 4 nitrogen and oxygen atoms in total. The molecule has 1 aromatic rings. The van der Waals surface area contributed by atoms with Crippen molar-refractivity contribution < 1.29 is 9.84 Å². The predicted octanol–water partition coefficient (Wildman–Crippen LogP) is 6.48. The van der Waals surface area contributed by atoms with Gasteiger partial charge in [0.2, 0.25) is 0 Å². The molecule has 0 saturated heterocycles. The van der Waals surface area contributed by atoms with Gasteiger partial charge >= 0.3 is 0 Å². The Kier molecular flexibility index (Phi) is 7.05. The zero-order valence-corrected chi connectivity index (χ0v) is 22.4. The Labute approximate surface area is 212 Å². The lowest BCUT2D eigenvalue weighted by Crippen LogP contribution is -2.52. The molecule has 0 aromatic carbocycles. The third-order valence-electron chi connectivity index (χ3n) is 11.2. The number of rotatable bonds is 6. The van der Waals surface area contributed by atoms with E-state index in [1.165, 1.54) is 44.9 Å². The van der Waals surface area contributed by atoms with E-state index in [1.54, 1.807) is 0 Å². The van der Waals surface area contributed by atoms with Crippen LogP contribution in [0.15, 0.2) is 12.1 Å². The summed E-state index contributed by atoms with van der Waals surface area (Å²) in [7, 11) is 0. The van der Waals surface area contributed by atoms with Gasteiger partial charge in [-0.2, -0.15) is 5.26 Å². The first-order valence-electron chi connectivity index (χ1n) is 14.4. The largest absolute Gasteiger partial charge is 0.387 e. The van der Waals surface area contributed by atoms with E-state index in [9.17, 15) is 10.4 Å². The Morgan fingerprint density at radius 1 is 1.11 bits per heavy atom. The third kappa shape index (κ3) is 4.57. The molecule has 192 valence electrons. The lowest BCUT2D eigenvalue weighted by atomic mass is 9.48. The lowest BCUT2D eigenvalue weighted by Gasteiger charge is -2.57. The first-order chi connectivity index (χ1) is 16.8. The SMILES string of the molecule is CCOC[C@@]1(O)CC[C@H]2[C@H](CC[C@@H]3[C@@H]2CC[C@]2(C)C([C@H](C)Cc4ccc(C)nc4C#N)CC[C@@H]32)C1.